The Hall–Kier alpha value is -1.36. The average molecular weight is 339 g/mol. The van der Waals surface area contributed by atoms with E-state index in [-0.39, 0.29) is 23.4 Å². The van der Waals surface area contributed by atoms with Gasteiger partial charge >= 0.3 is 0 Å². The second kappa shape index (κ2) is 7.95. The molecule has 3 atom stereocenters. The molecule has 0 saturated carbocycles. The average Bonchev–Trinajstić information content (AvgIpc) is 3.14. The Balaban J connectivity index is 0.000000185. The van der Waals surface area contributed by atoms with Gasteiger partial charge in [0.2, 0.25) is 0 Å². The molecule has 1 fully saturated rings. The SMILES string of the molecule is C[C@@]1(Cn2cncn2)COC(CO)P1.Cc1ccc(C)c(F)c1. The van der Waals surface area contributed by atoms with Crippen molar-refractivity contribution in [3.05, 3.63) is 47.8 Å². The van der Waals surface area contributed by atoms with Crippen LogP contribution in [0.4, 0.5) is 4.39 Å². The normalized spacial score (nSPS) is 24.5. The van der Waals surface area contributed by atoms with Crippen molar-refractivity contribution in [3.63, 3.8) is 0 Å². The molecule has 126 valence electrons. The molecule has 5 nitrogen and oxygen atoms in total. The Morgan fingerprint density at radius 3 is 2.78 bits per heavy atom. The highest BCUT2D eigenvalue weighted by atomic mass is 31.1. The number of hydrogen-bond acceptors (Lipinski definition) is 4. The van der Waals surface area contributed by atoms with E-state index < -0.39 is 0 Å². The molecule has 0 aliphatic carbocycles. The first-order chi connectivity index (χ1) is 10.9. The lowest BCUT2D eigenvalue weighted by molar-refractivity contribution is 0.0739. The van der Waals surface area contributed by atoms with E-state index in [4.69, 9.17) is 9.84 Å². The van der Waals surface area contributed by atoms with Gasteiger partial charge in [-0.25, -0.2) is 9.37 Å². The van der Waals surface area contributed by atoms with Gasteiger partial charge in [-0.3, -0.25) is 4.68 Å². The van der Waals surface area contributed by atoms with Crippen molar-refractivity contribution < 1.29 is 14.2 Å². The van der Waals surface area contributed by atoms with E-state index in [1.165, 1.54) is 12.4 Å². The number of halogens is 1. The molecule has 1 aliphatic rings. The van der Waals surface area contributed by atoms with Crippen LogP contribution in [0.5, 0.6) is 0 Å². The lowest BCUT2D eigenvalue weighted by Crippen LogP contribution is -2.27. The van der Waals surface area contributed by atoms with Crippen molar-refractivity contribution in [2.24, 2.45) is 0 Å². The van der Waals surface area contributed by atoms with Gasteiger partial charge in [0.15, 0.2) is 0 Å². The number of nitrogens with zero attached hydrogens (tertiary/aromatic N) is 3. The lowest BCUT2D eigenvalue weighted by atomic mass is 10.2. The summed E-state index contributed by atoms with van der Waals surface area (Å²) in [6.07, 6.45) is 3.24. The fourth-order valence-corrected chi connectivity index (χ4v) is 3.77. The minimum atomic E-state index is -0.116. The second-order valence-electron chi connectivity index (χ2n) is 6.03. The molecule has 0 radical (unpaired) electrons. The number of aliphatic hydroxyl groups is 1. The zero-order chi connectivity index (χ0) is 16.9. The third-order valence-electron chi connectivity index (χ3n) is 3.58. The van der Waals surface area contributed by atoms with E-state index in [1.807, 2.05) is 17.7 Å². The molecule has 2 aromatic rings. The highest BCUT2D eigenvalue weighted by Gasteiger charge is 2.36. The number of ether oxygens (including phenoxy) is 1. The summed E-state index contributed by atoms with van der Waals surface area (Å²) in [5, 5.41) is 13.1. The fraction of sp³-hybridized carbons (Fsp3) is 0.500. The number of aromatic nitrogens is 3. The minimum Gasteiger partial charge on any atom is -0.393 e. The summed E-state index contributed by atoms with van der Waals surface area (Å²) in [6.45, 7) is 7.41. The molecule has 0 spiro atoms. The number of aliphatic hydroxyl groups excluding tert-OH is 1. The predicted molar refractivity (Wildman–Crippen MR) is 89.4 cm³/mol. The molecule has 1 aromatic heterocycles. The Kier molecular flexibility index (Phi) is 6.22. The van der Waals surface area contributed by atoms with Crippen LogP contribution in [0.3, 0.4) is 0 Å². The zero-order valence-electron chi connectivity index (χ0n) is 13.7. The van der Waals surface area contributed by atoms with Crippen LogP contribution in [0.1, 0.15) is 18.1 Å². The summed E-state index contributed by atoms with van der Waals surface area (Å²) < 4.78 is 19.9. The van der Waals surface area contributed by atoms with Crippen molar-refractivity contribution in [2.45, 2.75) is 38.3 Å². The van der Waals surface area contributed by atoms with Gasteiger partial charge in [0.05, 0.1) is 25.6 Å². The fourth-order valence-electron chi connectivity index (χ4n) is 2.32. The Labute approximate surface area is 137 Å². The number of benzene rings is 1. The van der Waals surface area contributed by atoms with Crippen LogP contribution in [0.15, 0.2) is 30.9 Å². The maximum absolute atomic E-state index is 12.6. The molecule has 1 aromatic carbocycles. The molecule has 2 unspecified atom stereocenters. The first kappa shape index (κ1) is 18.0. The van der Waals surface area contributed by atoms with Crippen molar-refractivity contribution in [2.75, 3.05) is 13.2 Å². The van der Waals surface area contributed by atoms with E-state index in [1.54, 1.807) is 19.3 Å². The molecule has 0 bridgehead atoms. The largest absolute Gasteiger partial charge is 0.393 e. The maximum atomic E-state index is 12.6. The number of aryl methyl sites for hydroxylation is 2. The van der Waals surface area contributed by atoms with Gasteiger partial charge in [0.25, 0.3) is 0 Å². The summed E-state index contributed by atoms with van der Waals surface area (Å²) >= 11 is 0. The van der Waals surface area contributed by atoms with Gasteiger partial charge in [-0.15, -0.1) is 0 Å². The minimum absolute atomic E-state index is 0.0171. The molecule has 7 heteroatoms. The quantitative estimate of drug-likeness (QED) is 0.873. The molecule has 1 saturated heterocycles. The molecule has 3 rings (SSSR count). The van der Waals surface area contributed by atoms with E-state index >= 15 is 0 Å². The van der Waals surface area contributed by atoms with Crippen molar-refractivity contribution >= 4 is 8.58 Å². The molecule has 2 heterocycles. The smallest absolute Gasteiger partial charge is 0.137 e. The summed E-state index contributed by atoms with van der Waals surface area (Å²) in [4.78, 5) is 3.90. The summed E-state index contributed by atoms with van der Waals surface area (Å²) in [6, 6.07) is 5.22. The predicted octanol–water partition coefficient (Wildman–Crippen LogP) is 2.51. The summed E-state index contributed by atoms with van der Waals surface area (Å²) in [5.74, 6) is -0.0986. The summed E-state index contributed by atoms with van der Waals surface area (Å²) in [5.41, 5.74) is 1.68. The van der Waals surface area contributed by atoms with Gasteiger partial charge in [-0.05, 0) is 31.0 Å². The molecular weight excluding hydrogens is 316 g/mol. The van der Waals surface area contributed by atoms with Gasteiger partial charge in [0.1, 0.15) is 18.5 Å². The van der Waals surface area contributed by atoms with Gasteiger partial charge in [-0.1, -0.05) is 27.6 Å². The monoisotopic (exact) mass is 339 g/mol. The van der Waals surface area contributed by atoms with E-state index in [9.17, 15) is 4.39 Å². The van der Waals surface area contributed by atoms with Crippen LogP contribution in [0, 0.1) is 19.7 Å². The van der Waals surface area contributed by atoms with Crippen molar-refractivity contribution in [1.29, 1.82) is 0 Å². The van der Waals surface area contributed by atoms with Crippen LogP contribution in [0.2, 0.25) is 0 Å². The Morgan fingerprint density at radius 2 is 2.26 bits per heavy atom. The van der Waals surface area contributed by atoms with E-state index in [0.717, 1.165) is 12.1 Å². The number of rotatable bonds is 3. The van der Waals surface area contributed by atoms with E-state index in [2.05, 4.69) is 17.0 Å². The van der Waals surface area contributed by atoms with Crippen molar-refractivity contribution in [1.82, 2.24) is 14.8 Å². The molecule has 1 N–H and O–H groups in total. The third-order valence-corrected chi connectivity index (χ3v) is 5.25. The number of hydrogen-bond donors (Lipinski definition) is 1. The molecule has 1 aliphatic heterocycles. The highest BCUT2D eigenvalue weighted by molar-refractivity contribution is 7.41. The third kappa shape index (κ3) is 5.34. The molecule has 0 amide bonds. The molecule has 23 heavy (non-hydrogen) atoms. The molecular formula is C16H23FN3O2P. The highest BCUT2D eigenvalue weighted by Crippen LogP contribution is 2.44. The van der Waals surface area contributed by atoms with Crippen LogP contribution >= 0.6 is 8.58 Å². The van der Waals surface area contributed by atoms with Crippen molar-refractivity contribution in [3.8, 4) is 0 Å². The van der Waals surface area contributed by atoms with Gasteiger partial charge in [-0.2, -0.15) is 5.10 Å². The standard InChI is InChI=1S/C8H9F.C8H14N3O2P/c1-6-3-4-7(2)8(9)5-6;1-8(3-11-6-9-5-10-11)4-13-7(2-12)14-8/h3-5H,1-2H3;5-7,12,14H,2-4H2,1H3/t;7?,8-/m.1/s1. The van der Waals surface area contributed by atoms with Crippen LogP contribution in [-0.4, -0.2) is 44.1 Å². The van der Waals surface area contributed by atoms with Gasteiger partial charge in [0, 0.05) is 5.16 Å². The van der Waals surface area contributed by atoms with Crippen LogP contribution in [-0.2, 0) is 11.3 Å². The first-order valence-corrected chi connectivity index (χ1v) is 8.55. The maximum Gasteiger partial charge on any atom is 0.137 e. The Morgan fingerprint density at radius 1 is 1.48 bits per heavy atom. The van der Waals surface area contributed by atoms with Gasteiger partial charge < -0.3 is 9.84 Å². The first-order valence-electron chi connectivity index (χ1n) is 7.47. The van der Waals surface area contributed by atoms with Crippen LogP contribution in [0.25, 0.3) is 0 Å². The van der Waals surface area contributed by atoms with E-state index in [0.29, 0.717) is 20.8 Å². The summed E-state index contributed by atoms with van der Waals surface area (Å²) in [7, 11) is 0.621. The second-order valence-corrected chi connectivity index (χ2v) is 8.17. The Bertz CT molecular complexity index is 624. The zero-order valence-corrected chi connectivity index (χ0v) is 14.7. The van der Waals surface area contributed by atoms with Crippen LogP contribution < -0.4 is 0 Å². The lowest BCUT2D eigenvalue weighted by Gasteiger charge is -2.21. The topological polar surface area (TPSA) is 60.2 Å².